The monoisotopic (exact) mass is 341 g/mol. The quantitative estimate of drug-likeness (QED) is 0.900. The second-order valence-electron chi connectivity index (χ2n) is 3.79. The molecule has 19 heavy (non-hydrogen) atoms. The summed E-state index contributed by atoms with van der Waals surface area (Å²) in [7, 11) is 1.80. The molecule has 6 heteroatoms. The zero-order valence-corrected chi connectivity index (χ0v) is 12.9. The van der Waals surface area contributed by atoms with Crippen LogP contribution < -0.4 is 10.1 Å². The third-order valence-corrected chi connectivity index (χ3v) is 3.22. The van der Waals surface area contributed by atoms with Crippen molar-refractivity contribution in [2.75, 3.05) is 12.4 Å². The fraction of sp³-hybridized carbons (Fsp3) is 0.231. The Balaban J connectivity index is 2.31. The van der Waals surface area contributed by atoms with Gasteiger partial charge in [-0.3, -0.25) is 0 Å². The predicted molar refractivity (Wildman–Crippen MR) is 80.2 cm³/mol. The van der Waals surface area contributed by atoms with Crippen LogP contribution in [0.3, 0.4) is 0 Å². The SMILES string of the molecule is CCc1nc(NC)cc(Oc2ccc(Br)cc2Cl)n1. The first-order valence-corrected chi connectivity index (χ1v) is 6.98. The second-order valence-corrected chi connectivity index (χ2v) is 5.11. The Labute approximate surface area is 125 Å². The van der Waals surface area contributed by atoms with E-state index >= 15 is 0 Å². The van der Waals surface area contributed by atoms with Gasteiger partial charge in [0.2, 0.25) is 5.88 Å². The molecule has 0 aliphatic heterocycles. The molecule has 0 amide bonds. The highest BCUT2D eigenvalue weighted by Gasteiger charge is 2.08. The van der Waals surface area contributed by atoms with E-state index in [4.69, 9.17) is 16.3 Å². The van der Waals surface area contributed by atoms with Crippen LogP contribution in [0.5, 0.6) is 11.6 Å². The number of hydrogen-bond acceptors (Lipinski definition) is 4. The van der Waals surface area contributed by atoms with Crippen LogP contribution in [0.25, 0.3) is 0 Å². The van der Waals surface area contributed by atoms with Crippen LogP contribution in [-0.4, -0.2) is 17.0 Å². The Kier molecular flexibility index (Phi) is 4.61. The van der Waals surface area contributed by atoms with E-state index in [1.165, 1.54) is 0 Å². The van der Waals surface area contributed by atoms with Gasteiger partial charge in [0.15, 0.2) is 0 Å². The first kappa shape index (κ1) is 14.1. The Bertz CT molecular complexity index is 570. The summed E-state index contributed by atoms with van der Waals surface area (Å²) in [5, 5.41) is 3.51. The van der Waals surface area contributed by atoms with Crippen molar-refractivity contribution in [2.45, 2.75) is 13.3 Å². The molecule has 0 radical (unpaired) electrons. The highest BCUT2D eigenvalue weighted by atomic mass is 79.9. The molecule has 2 rings (SSSR count). The molecule has 0 aliphatic carbocycles. The number of hydrogen-bond donors (Lipinski definition) is 1. The number of aryl methyl sites for hydroxylation is 1. The lowest BCUT2D eigenvalue weighted by Crippen LogP contribution is -2.01. The number of nitrogens with zero attached hydrogens (tertiary/aromatic N) is 2. The zero-order chi connectivity index (χ0) is 13.8. The average Bonchev–Trinajstić information content (AvgIpc) is 2.41. The summed E-state index contributed by atoms with van der Waals surface area (Å²) in [6, 6.07) is 7.16. The maximum absolute atomic E-state index is 6.11. The number of aromatic nitrogens is 2. The minimum atomic E-state index is 0.473. The minimum absolute atomic E-state index is 0.473. The van der Waals surface area contributed by atoms with Gasteiger partial charge in [-0.05, 0) is 18.2 Å². The first-order chi connectivity index (χ1) is 9.12. The largest absolute Gasteiger partial charge is 0.437 e. The van der Waals surface area contributed by atoms with Crippen LogP contribution in [0.15, 0.2) is 28.7 Å². The van der Waals surface area contributed by atoms with Crippen molar-refractivity contribution in [3.8, 4) is 11.6 Å². The van der Waals surface area contributed by atoms with Gasteiger partial charge in [-0.15, -0.1) is 0 Å². The van der Waals surface area contributed by atoms with Gasteiger partial charge in [0.1, 0.15) is 17.4 Å². The standard InChI is InChI=1S/C13H13BrClN3O/c1-3-11-17-12(16-2)7-13(18-11)19-10-5-4-8(14)6-9(10)15/h4-7H,3H2,1-2H3,(H,16,17,18). The van der Waals surface area contributed by atoms with E-state index in [0.717, 1.165) is 22.5 Å². The lowest BCUT2D eigenvalue weighted by Gasteiger charge is -2.09. The maximum Gasteiger partial charge on any atom is 0.224 e. The van der Waals surface area contributed by atoms with Crippen LogP contribution >= 0.6 is 27.5 Å². The number of nitrogens with one attached hydrogen (secondary N) is 1. The van der Waals surface area contributed by atoms with Gasteiger partial charge in [-0.25, -0.2) is 4.98 Å². The maximum atomic E-state index is 6.11. The molecule has 0 unspecified atom stereocenters. The molecule has 0 saturated carbocycles. The molecule has 0 aliphatic rings. The molecule has 0 atom stereocenters. The van der Waals surface area contributed by atoms with Crippen LogP contribution in [0.1, 0.15) is 12.7 Å². The van der Waals surface area contributed by atoms with Crippen molar-refractivity contribution in [3.05, 3.63) is 39.6 Å². The Morgan fingerprint density at radius 3 is 2.74 bits per heavy atom. The van der Waals surface area contributed by atoms with Gasteiger partial charge >= 0.3 is 0 Å². The van der Waals surface area contributed by atoms with E-state index in [9.17, 15) is 0 Å². The van der Waals surface area contributed by atoms with E-state index in [1.807, 2.05) is 13.0 Å². The Hall–Kier alpha value is -1.33. The van der Waals surface area contributed by atoms with Gasteiger partial charge in [0.25, 0.3) is 0 Å². The van der Waals surface area contributed by atoms with Crippen LogP contribution in [0, 0.1) is 0 Å². The van der Waals surface area contributed by atoms with Gasteiger partial charge < -0.3 is 10.1 Å². The second kappa shape index (κ2) is 6.21. The highest BCUT2D eigenvalue weighted by Crippen LogP contribution is 2.31. The van der Waals surface area contributed by atoms with Gasteiger partial charge in [-0.2, -0.15) is 4.98 Å². The lowest BCUT2D eigenvalue weighted by atomic mass is 10.3. The molecule has 0 bridgehead atoms. The molecular weight excluding hydrogens is 330 g/mol. The van der Waals surface area contributed by atoms with Crippen molar-refractivity contribution >= 4 is 33.3 Å². The molecule has 0 saturated heterocycles. The van der Waals surface area contributed by atoms with E-state index in [2.05, 4.69) is 31.2 Å². The summed E-state index contributed by atoms with van der Waals surface area (Å²) >= 11 is 9.46. The summed E-state index contributed by atoms with van der Waals surface area (Å²) in [6.45, 7) is 1.99. The van der Waals surface area contributed by atoms with Crippen LogP contribution in [0.2, 0.25) is 5.02 Å². The van der Waals surface area contributed by atoms with Crippen molar-refractivity contribution in [1.29, 1.82) is 0 Å². The zero-order valence-electron chi connectivity index (χ0n) is 10.6. The van der Waals surface area contributed by atoms with Crippen LogP contribution in [0.4, 0.5) is 5.82 Å². The van der Waals surface area contributed by atoms with Gasteiger partial charge in [-0.1, -0.05) is 34.5 Å². The number of anilines is 1. The molecule has 2 aromatic rings. The lowest BCUT2D eigenvalue weighted by molar-refractivity contribution is 0.459. The number of benzene rings is 1. The highest BCUT2D eigenvalue weighted by molar-refractivity contribution is 9.10. The molecule has 1 aromatic heterocycles. The number of ether oxygens (including phenoxy) is 1. The summed E-state index contributed by atoms with van der Waals surface area (Å²) in [4.78, 5) is 8.62. The summed E-state index contributed by atoms with van der Waals surface area (Å²) in [6.07, 6.45) is 0.736. The molecule has 4 nitrogen and oxygen atoms in total. The van der Waals surface area contributed by atoms with Crippen molar-refractivity contribution in [1.82, 2.24) is 9.97 Å². The fourth-order valence-corrected chi connectivity index (χ4v) is 2.19. The van der Waals surface area contributed by atoms with Gasteiger partial charge in [0, 0.05) is 24.0 Å². The van der Waals surface area contributed by atoms with Crippen molar-refractivity contribution in [2.24, 2.45) is 0 Å². The third kappa shape index (κ3) is 3.58. The Morgan fingerprint density at radius 2 is 2.11 bits per heavy atom. The van der Waals surface area contributed by atoms with E-state index in [1.54, 1.807) is 25.2 Å². The average molecular weight is 343 g/mol. The molecule has 1 aromatic carbocycles. The first-order valence-electron chi connectivity index (χ1n) is 5.81. The predicted octanol–water partition coefficient (Wildman–Crippen LogP) is 4.29. The smallest absolute Gasteiger partial charge is 0.224 e. The molecule has 0 spiro atoms. The summed E-state index contributed by atoms with van der Waals surface area (Å²) in [5.74, 6) is 2.47. The minimum Gasteiger partial charge on any atom is -0.437 e. The molecule has 100 valence electrons. The fourth-order valence-electron chi connectivity index (χ4n) is 1.48. The number of rotatable bonds is 4. The molecule has 0 fully saturated rings. The van der Waals surface area contributed by atoms with Crippen molar-refractivity contribution < 1.29 is 4.74 Å². The molecule has 1 N–H and O–H groups in total. The topological polar surface area (TPSA) is 47.0 Å². The summed E-state index contributed by atoms with van der Waals surface area (Å²) in [5.41, 5.74) is 0. The van der Waals surface area contributed by atoms with Gasteiger partial charge in [0.05, 0.1) is 5.02 Å². The van der Waals surface area contributed by atoms with E-state index < -0.39 is 0 Å². The normalized spacial score (nSPS) is 10.3. The third-order valence-electron chi connectivity index (χ3n) is 2.43. The summed E-state index contributed by atoms with van der Waals surface area (Å²) < 4.78 is 6.61. The van der Waals surface area contributed by atoms with Crippen molar-refractivity contribution in [3.63, 3.8) is 0 Å². The van der Waals surface area contributed by atoms with Crippen LogP contribution in [-0.2, 0) is 6.42 Å². The molecule has 1 heterocycles. The number of halogens is 2. The van der Waals surface area contributed by atoms with E-state index in [-0.39, 0.29) is 0 Å². The Morgan fingerprint density at radius 1 is 1.32 bits per heavy atom. The molecular formula is C13H13BrClN3O. The van der Waals surface area contributed by atoms with E-state index in [0.29, 0.717) is 16.7 Å².